The summed E-state index contributed by atoms with van der Waals surface area (Å²) >= 11 is 1.54. The third-order valence-corrected chi connectivity index (χ3v) is 6.24. The molecule has 1 atom stereocenters. The maximum atomic E-state index is 12.8. The zero-order valence-electron chi connectivity index (χ0n) is 16.3. The first kappa shape index (κ1) is 19.9. The number of carboxylic acid groups (broad SMARTS) is 1. The SMILES string of the molecule is CC1CCc2c(sc3nc(C(C#N)=Cc4ccc(OCC(=O)O)cc4)[nH]c(=O)c23)C1. The predicted octanol–water partition coefficient (Wildman–Crippen LogP) is 3.64. The highest BCUT2D eigenvalue weighted by molar-refractivity contribution is 7.18. The molecule has 0 bridgehead atoms. The molecule has 30 heavy (non-hydrogen) atoms. The van der Waals surface area contributed by atoms with Crippen LogP contribution in [0.25, 0.3) is 21.9 Å². The second-order valence-corrected chi connectivity index (χ2v) is 8.45. The van der Waals surface area contributed by atoms with Crippen LogP contribution in [0, 0.1) is 17.2 Å². The third kappa shape index (κ3) is 3.98. The number of nitrogens with zero attached hydrogens (tertiary/aromatic N) is 2. The summed E-state index contributed by atoms with van der Waals surface area (Å²) in [6.45, 7) is 1.79. The Labute approximate surface area is 176 Å². The number of aliphatic carboxylic acids is 1. The third-order valence-electron chi connectivity index (χ3n) is 5.09. The maximum absolute atomic E-state index is 12.8. The number of nitrogens with one attached hydrogen (secondary N) is 1. The van der Waals surface area contributed by atoms with Gasteiger partial charge in [-0.2, -0.15) is 5.26 Å². The molecule has 3 aromatic rings. The number of allylic oxidation sites excluding steroid dienone is 1. The van der Waals surface area contributed by atoms with Gasteiger partial charge < -0.3 is 14.8 Å². The largest absolute Gasteiger partial charge is 0.482 e. The molecule has 2 heterocycles. The van der Waals surface area contributed by atoms with Gasteiger partial charge in [0.25, 0.3) is 5.56 Å². The van der Waals surface area contributed by atoms with Gasteiger partial charge >= 0.3 is 5.97 Å². The van der Waals surface area contributed by atoms with Crippen LogP contribution in [0.15, 0.2) is 29.1 Å². The van der Waals surface area contributed by atoms with E-state index >= 15 is 0 Å². The van der Waals surface area contributed by atoms with Crippen molar-refractivity contribution in [1.82, 2.24) is 9.97 Å². The molecule has 0 radical (unpaired) electrons. The Bertz CT molecular complexity index is 1250. The first-order chi connectivity index (χ1) is 14.4. The molecule has 1 aliphatic carbocycles. The standard InChI is InChI=1S/C22H19N3O4S/c1-12-2-7-16-17(8-12)30-22-19(16)21(28)24-20(25-22)14(10-23)9-13-3-5-15(6-4-13)29-11-18(26)27/h3-6,9,12H,2,7-8,11H2,1H3,(H,26,27)(H,24,25,28). The van der Waals surface area contributed by atoms with Crippen LogP contribution in [0.2, 0.25) is 0 Å². The number of carbonyl (C=O) groups is 1. The highest BCUT2D eigenvalue weighted by Gasteiger charge is 2.23. The number of ether oxygens (including phenoxy) is 1. The highest BCUT2D eigenvalue weighted by atomic mass is 32.1. The van der Waals surface area contributed by atoms with Crippen molar-refractivity contribution in [1.29, 1.82) is 5.26 Å². The van der Waals surface area contributed by atoms with Crippen molar-refractivity contribution in [3.63, 3.8) is 0 Å². The van der Waals surface area contributed by atoms with Gasteiger partial charge in [0.2, 0.25) is 0 Å². The van der Waals surface area contributed by atoms with Crippen molar-refractivity contribution < 1.29 is 14.6 Å². The summed E-state index contributed by atoms with van der Waals surface area (Å²) in [5.41, 5.74) is 1.85. The van der Waals surface area contributed by atoms with E-state index in [-0.39, 0.29) is 17.0 Å². The number of aryl methyl sites for hydroxylation is 1. The number of H-pyrrole nitrogens is 1. The zero-order valence-corrected chi connectivity index (χ0v) is 17.1. The Hall–Kier alpha value is -3.44. The number of benzene rings is 1. The van der Waals surface area contributed by atoms with Crippen molar-refractivity contribution in [3.8, 4) is 11.8 Å². The van der Waals surface area contributed by atoms with Gasteiger partial charge in [-0.05, 0) is 54.5 Å². The molecule has 0 saturated heterocycles. The molecule has 1 aromatic carbocycles. The van der Waals surface area contributed by atoms with Crippen LogP contribution in [0.3, 0.4) is 0 Å². The molecule has 8 heteroatoms. The van der Waals surface area contributed by atoms with Crippen LogP contribution in [-0.2, 0) is 17.6 Å². The van der Waals surface area contributed by atoms with Gasteiger partial charge in [-0.25, -0.2) is 9.78 Å². The Kier molecular flexibility index (Phi) is 5.38. The van der Waals surface area contributed by atoms with Gasteiger partial charge in [0.1, 0.15) is 16.6 Å². The minimum atomic E-state index is -1.05. The molecule has 0 aliphatic heterocycles. The van der Waals surface area contributed by atoms with Crippen LogP contribution in [-0.4, -0.2) is 27.7 Å². The van der Waals surface area contributed by atoms with E-state index in [0.29, 0.717) is 27.4 Å². The number of aromatic amines is 1. The smallest absolute Gasteiger partial charge is 0.341 e. The quantitative estimate of drug-likeness (QED) is 0.608. The number of thiophene rings is 1. The van der Waals surface area contributed by atoms with Gasteiger partial charge in [0, 0.05) is 4.88 Å². The molecule has 0 fully saturated rings. The molecular formula is C22H19N3O4S. The summed E-state index contributed by atoms with van der Waals surface area (Å²) in [4.78, 5) is 32.6. The van der Waals surface area contributed by atoms with Gasteiger partial charge in [-0.1, -0.05) is 19.1 Å². The first-order valence-corrected chi connectivity index (χ1v) is 10.4. The fourth-order valence-corrected chi connectivity index (χ4v) is 4.99. The minimum absolute atomic E-state index is 0.208. The lowest BCUT2D eigenvalue weighted by Crippen LogP contribution is -2.14. The summed E-state index contributed by atoms with van der Waals surface area (Å²) in [6.07, 6.45) is 4.54. The molecule has 1 aliphatic rings. The molecule has 152 valence electrons. The Balaban J connectivity index is 1.67. The minimum Gasteiger partial charge on any atom is -0.482 e. The molecule has 4 rings (SSSR count). The molecular weight excluding hydrogens is 402 g/mol. The van der Waals surface area contributed by atoms with E-state index in [2.05, 4.69) is 23.0 Å². The van der Waals surface area contributed by atoms with Crippen molar-refractivity contribution in [2.75, 3.05) is 6.61 Å². The van der Waals surface area contributed by atoms with E-state index in [1.54, 1.807) is 41.7 Å². The average Bonchev–Trinajstić information content (AvgIpc) is 3.09. The van der Waals surface area contributed by atoms with Crippen molar-refractivity contribution in [3.05, 3.63) is 56.4 Å². The van der Waals surface area contributed by atoms with Crippen LogP contribution < -0.4 is 10.3 Å². The highest BCUT2D eigenvalue weighted by Crippen LogP contribution is 2.36. The second-order valence-electron chi connectivity index (χ2n) is 7.37. The lowest BCUT2D eigenvalue weighted by atomic mass is 9.89. The number of rotatable bonds is 5. The number of fused-ring (bicyclic) bond motifs is 3. The van der Waals surface area contributed by atoms with Crippen LogP contribution in [0.4, 0.5) is 0 Å². The van der Waals surface area contributed by atoms with Gasteiger partial charge in [0.05, 0.1) is 11.0 Å². The van der Waals surface area contributed by atoms with E-state index in [9.17, 15) is 14.9 Å². The van der Waals surface area contributed by atoms with Gasteiger partial charge in [-0.15, -0.1) is 11.3 Å². The molecule has 1 unspecified atom stereocenters. The van der Waals surface area contributed by atoms with E-state index < -0.39 is 12.6 Å². The number of nitriles is 1. The van der Waals surface area contributed by atoms with Gasteiger partial charge in [0.15, 0.2) is 12.4 Å². The molecule has 0 saturated carbocycles. The molecule has 7 nitrogen and oxygen atoms in total. The van der Waals surface area contributed by atoms with E-state index in [1.807, 2.05) is 0 Å². The summed E-state index contributed by atoms with van der Waals surface area (Å²) in [6, 6.07) is 8.76. The Morgan fingerprint density at radius 3 is 2.90 bits per heavy atom. The van der Waals surface area contributed by atoms with E-state index in [1.165, 1.54) is 4.88 Å². The molecule has 0 spiro atoms. The number of hydrogen-bond acceptors (Lipinski definition) is 6. The van der Waals surface area contributed by atoms with Crippen molar-refractivity contribution in [2.24, 2.45) is 5.92 Å². The first-order valence-electron chi connectivity index (χ1n) is 9.56. The molecule has 2 N–H and O–H groups in total. The zero-order chi connectivity index (χ0) is 21.3. The van der Waals surface area contributed by atoms with Crippen LogP contribution >= 0.6 is 11.3 Å². The number of hydrogen-bond donors (Lipinski definition) is 2. The summed E-state index contributed by atoms with van der Waals surface area (Å²) in [5.74, 6) is 0.203. The lowest BCUT2D eigenvalue weighted by molar-refractivity contribution is -0.139. The lowest BCUT2D eigenvalue weighted by Gasteiger charge is -2.17. The van der Waals surface area contributed by atoms with Gasteiger partial charge in [-0.3, -0.25) is 4.79 Å². The topological polar surface area (TPSA) is 116 Å². The average molecular weight is 421 g/mol. The normalized spacial score (nSPS) is 16.1. The Morgan fingerprint density at radius 1 is 1.43 bits per heavy atom. The van der Waals surface area contributed by atoms with Crippen molar-refractivity contribution >= 4 is 39.2 Å². The maximum Gasteiger partial charge on any atom is 0.341 e. The molecule has 2 aromatic heterocycles. The van der Waals surface area contributed by atoms with Crippen LogP contribution in [0.5, 0.6) is 5.75 Å². The second kappa shape index (κ2) is 8.13. The predicted molar refractivity (Wildman–Crippen MR) is 114 cm³/mol. The van der Waals surface area contributed by atoms with Crippen molar-refractivity contribution in [2.45, 2.75) is 26.2 Å². The van der Waals surface area contributed by atoms with E-state index in [0.717, 1.165) is 24.8 Å². The monoisotopic (exact) mass is 421 g/mol. The van der Waals surface area contributed by atoms with E-state index in [4.69, 9.17) is 9.84 Å². The number of carboxylic acids is 1. The number of aromatic nitrogens is 2. The summed E-state index contributed by atoms with van der Waals surface area (Å²) < 4.78 is 5.11. The summed E-state index contributed by atoms with van der Waals surface area (Å²) in [5, 5.41) is 19.0. The Morgan fingerprint density at radius 2 is 2.20 bits per heavy atom. The fourth-order valence-electron chi connectivity index (χ4n) is 3.60. The summed E-state index contributed by atoms with van der Waals surface area (Å²) in [7, 11) is 0. The molecule has 0 amide bonds. The fraction of sp³-hybridized carbons (Fsp3) is 0.273. The van der Waals surface area contributed by atoms with Crippen LogP contribution in [0.1, 0.15) is 35.2 Å².